The number of aromatic carboxylic acids is 1. The van der Waals surface area contributed by atoms with E-state index in [-0.39, 0.29) is 16.1 Å². The summed E-state index contributed by atoms with van der Waals surface area (Å²) in [4.78, 5) is 40.3. The van der Waals surface area contributed by atoms with Gasteiger partial charge in [0.1, 0.15) is 10.6 Å². The van der Waals surface area contributed by atoms with Gasteiger partial charge in [0.05, 0.1) is 5.56 Å². The average Bonchev–Trinajstić information content (AvgIpc) is 2.75. The van der Waals surface area contributed by atoms with E-state index in [1.54, 1.807) is 6.07 Å². The number of aromatic amines is 1. The third-order valence-corrected chi connectivity index (χ3v) is 5.90. The Bertz CT molecular complexity index is 926. The zero-order chi connectivity index (χ0) is 18.8. The van der Waals surface area contributed by atoms with Gasteiger partial charge in [-0.25, -0.2) is 4.79 Å². The lowest BCUT2D eigenvalue weighted by molar-refractivity contribution is 0.0697. The second kappa shape index (κ2) is 7.45. The minimum atomic E-state index is -1.07. The topological polar surface area (TPSA) is 99.3 Å². The molecule has 0 saturated carbocycles. The van der Waals surface area contributed by atoms with E-state index in [9.17, 15) is 19.5 Å². The number of anilines is 1. The van der Waals surface area contributed by atoms with Crippen molar-refractivity contribution in [3.63, 3.8) is 0 Å². The Labute approximate surface area is 155 Å². The molecule has 0 unspecified atom stereocenters. The van der Waals surface area contributed by atoms with Crippen LogP contribution >= 0.6 is 11.3 Å². The van der Waals surface area contributed by atoms with E-state index in [4.69, 9.17) is 0 Å². The number of thiophene rings is 1. The van der Waals surface area contributed by atoms with Crippen LogP contribution in [0.15, 0.2) is 10.9 Å². The van der Waals surface area contributed by atoms with Crippen LogP contribution < -0.4 is 10.9 Å². The summed E-state index contributed by atoms with van der Waals surface area (Å²) in [6.45, 7) is 3.71. The average molecular weight is 374 g/mol. The fourth-order valence-electron chi connectivity index (χ4n) is 3.51. The van der Waals surface area contributed by atoms with E-state index in [0.29, 0.717) is 12.0 Å². The molecule has 0 aromatic carbocycles. The predicted octanol–water partition coefficient (Wildman–Crippen LogP) is 3.53. The summed E-state index contributed by atoms with van der Waals surface area (Å²) < 4.78 is 0. The van der Waals surface area contributed by atoms with E-state index in [1.807, 2.05) is 13.8 Å². The molecule has 0 saturated heterocycles. The normalized spacial score (nSPS) is 13.8. The number of nitrogens with one attached hydrogen (secondary N) is 2. The van der Waals surface area contributed by atoms with Gasteiger partial charge in [-0.05, 0) is 56.2 Å². The van der Waals surface area contributed by atoms with Crippen molar-refractivity contribution in [2.45, 2.75) is 52.4 Å². The minimum absolute atomic E-state index is 0.0334. The fraction of sp³-hybridized carbons (Fsp3) is 0.421. The summed E-state index contributed by atoms with van der Waals surface area (Å²) in [5.41, 5.74) is 2.36. The predicted molar refractivity (Wildman–Crippen MR) is 102 cm³/mol. The molecule has 2 heterocycles. The number of fused-ring (bicyclic) bond motifs is 1. The van der Waals surface area contributed by atoms with E-state index in [1.165, 1.54) is 11.3 Å². The lowest BCUT2D eigenvalue weighted by Gasteiger charge is -2.09. The monoisotopic (exact) mass is 374 g/mol. The van der Waals surface area contributed by atoms with Gasteiger partial charge < -0.3 is 15.4 Å². The van der Waals surface area contributed by atoms with Gasteiger partial charge in [0.2, 0.25) is 0 Å². The van der Waals surface area contributed by atoms with Crippen LogP contribution in [0.4, 0.5) is 5.00 Å². The van der Waals surface area contributed by atoms with Gasteiger partial charge in [0, 0.05) is 10.6 Å². The van der Waals surface area contributed by atoms with Crippen molar-refractivity contribution in [2.24, 2.45) is 0 Å². The van der Waals surface area contributed by atoms with Crippen molar-refractivity contribution >= 4 is 28.2 Å². The first-order valence-corrected chi connectivity index (χ1v) is 9.66. The summed E-state index contributed by atoms with van der Waals surface area (Å²) in [5, 5.41) is 12.4. The van der Waals surface area contributed by atoms with Crippen LogP contribution in [-0.2, 0) is 19.3 Å². The van der Waals surface area contributed by atoms with E-state index in [0.717, 1.165) is 48.2 Å². The van der Waals surface area contributed by atoms with Crippen LogP contribution in [0.1, 0.15) is 68.6 Å². The van der Waals surface area contributed by atoms with Crippen LogP contribution in [0.25, 0.3) is 0 Å². The molecule has 7 heteroatoms. The molecule has 2 aromatic rings. The Balaban J connectivity index is 1.96. The number of hydrogen-bond acceptors (Lipinski definition) is 4. The van der Waals surface area contributed by atoms with Gasteiger partial charge in [0.25, 0.3) is 11.5 Å². The number of aromatic nitrogens is 1. The Morgan fingerprint density at radius 3 is 2.69 bits per heavy atom. The first-order valence-electron chi connectivity index (χ1n) is 8.84. The molecular weight excluding hydrogens is 352 g/mol. The van der Waals surface area contributed by atoms with E-state index in [2.05, 4.69) is 10.3 Å². The van der Waals surface area contributed by atoms with Crippen molar-refractivity contribution in [3.8, 4) is 0 Å². The molecule has 26 heavy (non-hydrogen) atoms. The van der Waals surface area contributed by atoms with Crippen molar-refractivity contribution < 1.29 is 14.7 Å². The lowest BCUT2D eigenvalue weighted by Crippen LogP contribution is -2.25. The molecule has 138 valence electrons. The summed E-state index contributed by atoms with van der Waals surface area (Å²) in [7, 11) is 0. The van der Waals surface area contributed by atoms with Gasteiger partial charge in [-0.2, -0.15) is 0 Å². The standard InChI is InChI=1S/C19H22N2O4S/c1-3-12-10(2)26-18(15(12)19(24)25)21-17(23)13-9-11-7-5-4-6-8-14(11)20-16(13)22/h9H,3-8H2,1-2H3,(H,20,22)(H,21,23)(H,24,25). The summed E-state index contributed by atoms with van der Waals surface area (Å²) in [6, 6.07) is 1.66. The number of carboxylic acid groups (broad SMARTS) is 1. The first-order chi connectivity index (χ1) is 12.4. The number of aryl methyl sites for hydroxylation is 3. The quantitative estimate of drug-likeness (QED) is 0.713. The molecule has 3 rings (SSSR count). The second-order valence-electron chi connectivity index (χ2n) is 6.53. The van der Waals surface area contributed by atoms with Crippen molar-refractivity contribution in [2.75, 3.05) is 5.32 Å². The molecule has 0 fully saturated rings. The highest BCUT2D eigenvalue weighted by atomic mass is 32.1. The van der Waals surface area contributed by atoms with Gasteiger partial charge in [-0.15, -0.1) is 11.3 Å². The molecule has 0 aliphatic heterocycles. The zero-order valence-corrected chi connectivity index (χ0v) is 15.7. The van der Waals surface area contributed by atoms with E-state index < -0.39 is 17.4 Å². The van der Waals surface area contributed by atoms with Crippen LogP contribution in [0.2, 0.25) is 0 Å². The Hall–Kier alpha value is -2.41. The highest BCUT2D eigenvalue weighted by molar-refractivity contribution is 7.16. The summed E-state index contributed by atoms with van der Waals surface area (Å²) in [5.74, 6) is -1.64. The van der Waals surface area contributed by atoms with Crippen molar-refractivity contribution in [1.82, 2.24) is 4.98 Å². The maximum absolute atomic E-state index is 12.7. The van der Waals surface area contributed by atoms with Crippen LogP contribution in [-0.4, -0.2) is 22.0 Å². The first kappa shape index (κ1) is 18.4. The van der Waals surface area contributed by atoms with Gasteiger partial charge in [-0.3, -0.25) is 9.59 Å². The Morgan fingerprint density at radius 2 is 2.00 bits per heavy atom. The van der Waals surface area contributed by atoms with Crippen LogP contribution in [0.5, 0.6) is 0 Å². The van der Waals surface area contributed by atoms with Gasteiger partial charge >= 0.3 is 5.97 Å². The highest BCUT2D eigenvalue weighted by Gasteiger charge is 2.23. The molecular formula is C19H22N2O4S. The lowest BCUT2D eigenvalue weighted by atomic mass is 10.1. The third-order valence-electron chi connectivity index (χ3n) is 4.84. The number of pyridine rings is 1. The highest BCUT2D eigenvalue weighted by Crippen LogP contribution is 2.33. The van der Waals surface area contributed by atoms with Crippen molar-refractivity contribution in [1.29, 1.82) is 0 Å². The maximum Gasteiger partial charge on any atom is 0.339 e. The third kappa shape index (κ3) is 3.44. The molecule has 0 bridgehead atoms. The largest absolute Gasteiger partial charge is 0.478 e. The molecule has 0 radical (unpaired) electrons. The summed E-state index contributed by atoms with van der Waals surface area (Å²) in [6.07, 6.45) is 5.40. The minimum Gasteiger partial charge on any atom is -0.478 e. The van der Waals surface area contributed by atoms with Crippen LogP contribution in [0, 0.1) is 6.92 Å². The second-order valence-corrected chi connectivity index (χ2v) is 7.76. The SMILES string of the molecule is CCc1c(C)sc(NC(=O)c2cc3c([nH]c2=O)CCCCC3)c1C(=O)O. The molecule has 1 aliphatic rings. The molecule has 6 nitrogen and oxygen atoms in total. The fourth-order valence-corrected chi connectivity index (χ4v) is 4.64. The summed E-state index contributed by atoms with van der Waals surface area (Å²) >= 11 is 1.23. The number of rotatable bonds is 4. The van der Waals surface area contributed by atoms with Crippen molar-refractivity contribution in [3.05, 3.63) is 49.2 Å². The Kier molecular flexibility index (Phi) is 5.27. The maximum atomic E-state index is 12.7. The van der Waals surface area contributed by atoms with Crippen LogP contribution in [0.3, 0.4) is 0 Å². The number of carbonyl (C=O) groups excluding carboxylic acids is 1. The zero-order valence-electron chi connectivity index (χ0n) is 14.9. The molecule has 1 aliphatic carbocycles. The molecule has 0 atom stereocenters. The van der Waals surface area contributed by atoms with Gasteiger partial charge in [-0.1, -0.05) is 13.3 Å². The number of carboxylic acids is 1. The molecule has 1 amide bonds. The molecule has 0 spiro atoms. The number of H-pyrrole nitrogens is 1. The number of amides is 1. The Morgan fingerprint density at radius 1 is 1.27 bits per heavy atom. The smallest absolute Gasteiger partial charge is 0.339 e. The van der Waals surface area contributed by atoms with E-state index >= 15 is 0 Å². The van der Waals surface area contributed by atoms with Gasteiger partial charge in [0.15, 0.2) is 0 Å². The molecule has 2 aromatic heterocycles. The molecule has 3 N–H and O–H groups in total. The number of carbonyl (C=O) groups is 2. The number of hydrogen-bond donors (Lipinski definition) is 3.